The Balaban J connectivity index is 1.52. The molecule has 4 rings (SSSR count). The molecule has 0 saturated carbocycles. The maximum atomic E-state index is 14.5. The second-order valence-electron chi connectivity index (χ2n) is 7.41. The second-order valence-corrected chi connectivity index (χ2v) is 7.97. The third-order valence-electron chi connectivity index (χ3n) is 5.35. The highest BCUT2D eigenvalue weighted by atomic mass is 79.9. The van der Waals surface area contributed by atoms with Gasteiger partial charge in [0, 0.05) is 24.7 Å². The molecule has 5 nitrogen and oxygen atoms in total. The summed E-state index contributed by atoms with van der Waals surface area (Å²) in [5.41, 5.74) is 2.49. The molecule has 0 atom stereocenters. The molecule has 2 heterocycles. The molecular formula is C23H21BrF2N4O. The predicted octanol–water partition coefficient (Wildman–Crippen LogP) is 4.89. The molecule has 160 valence electrons. The van der Waals surface area contributed by atoms with Gasteiger partial charge in [0.15, 0.2) is 5.82 Å². The van der Waals surface area contributed by atoms with Crippen molar-refractivity contribution in [3.8, 4) is 22.4 Å². The van der Waals surface area contributed by atoms with Crippen molar-refractivity contribution in [1.82, 2.24) is 14.9 Å². The fourth-order valence-corrected chi connectivity index (χ4v) is 4.02. The number of benzene rings is 2. The highest BCUT2D eigenvalue weighted by Gasteiger charge is 2.23. The molecule has 0 unspecified atom stereocenters. The number of likely N-dealkylation sites (tertiary alicyclic amines) is 1. The Kier molecular flexibility index (Phi) is 6.56. The summed E-state index contributed by atoms with van der Waals surface area (Å²) >= 11 is 3.20. The van der Waals surface area contributed by atoms with Crippen LogP contribution in [-0.4, -0.2) is 45.2 Å². The Bertz CT molecular complexity index is 1070. The molecule has 0 bridgehead atoms. The molecule has 3 aromatic rings. The summed E-state index contributed by atoms with van der Waals surface area (Å²) in [7, 11) is 0. The van der Waals surface area contributed by atoms with Crippen molar-refractivity contribution in [2.45, 2.75) is 18.9 Å². The third kappa shape index (κ3) is 5.07. The van der Waals surface area contributed by atoms with E-state index in [9.17, 15) is 13.6 Å². The Morgan fingerprint density at radius 2 is 1.77 bits per heavy atom. The van der Waals surface area contributed by atoms with E-state index in [2.05, 4.69) is 31.2 Å². The van der Waals surface area contributed by atoms with Crippen LogP contribution in [-0.2, 0) is 4.79 Å². The topological polar surface area (TPSA) is 58.1 Å². The van der Waals surface area contributed by atoms with Crippen molar-refractivity contribution in [3.63, 3.8) is 0 Å². The quantitative estimate of drug-likeness (QED) is 0.521. The standard InChI is InChI=1S/C23H21BrF2N4O/c24-13-21(31)30-10-8-19(9-11-30)28-23-27-14-20(26)22(29-23)17-3-1-2-16(12-17)15-4-6-18(25)7-5-15/h1-7,12,14,19H,8-11,13H2,(H,27,28,29). The van der Waals surface area contributed by atoms with Crippen molar-refractivity contribution < 1.29 is 13.6 Å². The molecule has 31 heavy (non-hydrogen) atoms. The van der Waals surface area contributed by atoms with Gasteiger partial charge in [0.05, 0.1) is 11.5 Å². The molecule has 2 aromatic carbocycles. The number of amides is 1. The summed E-state index contributed by atoms with van der Waals surface area (Å²) in [6.07, 6.45) is 2.71. The van der Waals surface area contributed by atoms with Gasteiger partial charge in [0.25, 0.3) is 0 Å². The molecule has 1 fully saturated rings. The van der Waals surface area contributed by atoms with E-state index in [0.717, 1.165) is 24.0 Å². The number of alkyl halides is 1. The SMILES string of the molecule is O=C(CBr)N1CCC(Nc2ncc(F)c(-c3cccc(-c4ccc(F)cc4)c3)n2)CC1. The van der Waals surface area contributed by atoms with Crippen LogP contribution in [0, 0.1) is 11.6 Å². The van der Waals surface area contributed by atoms with Gasteiger partial charge in [0.2, 0.25) is 11.9 Å². The number of hydrogen-bond donors (Lipinski definition) is 1. The summed E-state index contributed by atoms with van der Waals surface area (Å²) in [5.74, 6) is -0.381. The number of nitrogens with zero attached hydrogens (tertiary/aromatic N) is 3. The smallest absolute Gasteiger partial charge is 0.233 e. The minimum Gasteiger partial charge on any atom is -0.351 e. The van der Waals surface area contributed by atoms with Crippen molar-refractivity contribution in [2.24, 2.45) is 0 Å². The third-order valence-corrected chi connectivity index (χ3v) is 5.83. The van der Waals surface area contributed by atoms with Gasteiger partial charge in [-0.05, 0) is 42.2 Å². The van der Waals surface area contributed by atoms with E-state index >= 15 is 0 Å². The number of rotatable bonds is 5. The Morgan fingerprint density at radius 1 is 1.06 bits per heavy atom. The van der Waals surface area contributed by atoms with Crippen molar-refractivity contribution >= 4 is 27.8 Å². The average Bonchev–Trinajstić information content (AvgIpc) is 2.81. The molecule has 8 heteroatoms. The summed E-state index contributed by atoms with van der Waals surface area (Å²) in [6.45, 7) is 1.33. The first-order valence-corrected chi connectivity index (χ1v) is 11.1. The van der Waals surface area contributed by atoms with Crippen LogP contribution < -0.4 is 5.32 Å². The average molecular weight is 487 g/mol. The van der Waals surface area contributed by atoms with E-state index in [-0.39, 0.29) is 23.5 Å². The lowest BCUT2D eigenvalue weighted by Crippen LogP contribution is -2.43. The number of hydrogen-bond acceptors (Lipinski definition) is 4. The molecule has 1 N–H and O–H groups in total. The molecule has 1 saturated heterocycles. The Hall–Kier alpha value is -2.87. The van der Waals surface area contributed by atoms with Crippen LogP contribution in [0.5, 0.6) is 0 Å². The van der Waals surface area contributed by atoms with Gasteiger partial charge in [-0.1, -0.05) is 46.3 Å². The molecule has 1 aliphatic rings. The lowest BCUT2D eigenvalue weighted by molar-refractivity contribution is -0.129. The van der Waals surface area contributed by atoms with Crippen molar-refractivity contribution in [3.05, 3.63) is 66.4 Å². The molecule has 0 spiro atoms. The van der Waals surface area contributed by atoms with E-state index in [0.29, 0.717) is 29.9 Å². The number of carbonyl (C=O) groups is 1. The van der Waals surface area contributed by atoms with Crippen LogP contribution in [0.2, 0.25) is 0 Å². The fraction of sp³-hybridized carbons (Fsp3) is 0.261. The van der Waals surface area contributed by atoms with Gasteiger partial charge in [0.1, 0.15) is 11.5 Å². The van der Waals surface area contributed by atoms with E-state index in [1.165, 1.54) is 18.3 Å². The van der Waals surface area contributed by atoms with E-state index in [1.54, 1.807) is 18.2 Å². The minimum absolute atomic E-state index is 0.0832. The molecule has 1 aliphatic heterocycles. The van der Waals surface area contributed by atoms with Gasteiger partial charge >= 0.3 is 0 Å². The van der Waals surface area contributed by atoms with Crippen LogP contribution in [0.15, 0.2) is 54.7 Å². The lowest BCUT2D eigenvalue weighted by atomic mass is 10.0. The number of nitrogens with one attached hydrogen (secondary N) is 1. The van der Waals surface area contributed by atoms with Gasteiger partial charge < -0.3 is 10.2 Å². The van der Waals surface area contributed by atoms with Gasteiger partial charge in [-0.25, -0.2) is 18.7 Å². The zero-order chi connectivity index (χ0) is 21.8. The zero-order valence-electron chi connectivity index (χ0n) is 16.7. The summed E-state index contributed by atoms with van der Waals surface area (Å²) in [6, 6.07) is 13.6. The van der Waals surface area contributed by atoms with Crippen LogP contribution in [0.4, 0.5) is 14.7 Å². The maximum Gasteiger partial charge on any atom is 0.233 e. The minimum atomic E-state index is -0.514. The molecular weight excluding hydrogens is 466 g/mol. The number of aromatic nitrogens is 2. The fourth-order valence-electron chi connectivity index (χ4n) is 3.67. The highest BCUT2D eigenvalue weighted by Crippen LogP contribution is 2.28. The highest BCUT2D eigenvalue weighted by molar-refractivity contribution is 9.09. The first-order valence-electron chi connectivity index (χ1n) is 10.0. The van der Waals surface area contributed by atoms with Gasteiger partial charge in [-0.2, -0.15) is 0 Å². The van der Waals surface area contributed by atoms with Crippen LogP contribution in [0.25, 0.3) is 22.4 Å². The predicted molar refractivity (Wildman–Crippen MR) is 120 cm³/mol. The molecule has 0 aliphatic carbocycles. The zero-order valence-corrected chi connectivity index (χ0v) is 18.3. The summed E-state index contributed by atoms with van der Waals surface area (Å²) in [5, 5.41) is 3.59. The maximum absolute atomic E-state index is 14.5. The van der Waals surface area contributed by atoms with Crippen molar-refractivity contribution in [2.75, 3.05) is 23.7 Å². The first kappa shape index (κ1) is 21.4. The largest absolute Gasteiger partial charge is 0.351 e. The van der Waals surface area contributed by atoms with Crippen LogP contribution >= 0.6 is 15.9 Å². The molecule has 0 radical (unpaired) electrons. The van der Waals surface area contributed by atoms with E-state index < -0.39 is 5.82 Å². The summed E-state index contributed by atoms with van der Waals surface area (Å²) < 4.78 is 27.8. The Morgan fingerprint density at radius 3 is 2.48 bits per heavy atom. The normalized spacial score (nSPS) is 14.5. The van der Waals surface area contributed by atoms with Crippen LogP contribution in [0.3, 0.4) is 0 Å². The van der Waals surface area contributed by atoms with Crippen molar-refractivity contribution in [1.29, 1.82) is 0 Å². The number of carbonyl (C=O) groups excluding carboxylic acids is 1. The van der Waals surface area contributed by atoms with Gasteiger partial charge in [-0.3, -0.25) is 4.79 Å². The monoisotopic (exact) mass is 486 g/mol. The van der Waals surface area contributed by atoms with Gasteiger partial charge in [-0.15, -0.1) is 0 Å². The Labute approximate surface area is 187 Å². The number of anilines is 1. The van der Waals surface area contributed by atoms with E-state index in [1.807, 2.05) is 23.1 Å². The van der Waals surface area contributed by atoms with E-state index in [4.69, 9.17) is 0 Å². The lowest BCUT2D eigenvalue weighted by Gasteiger charge is -2.32. The molecule has 1 amide bonds. The van der Waals surface area contributed by atoms with Crippen LogP contribution in [0.1, 0.15) is 12.8 Å². The molecule has 1 aromatic heterocycles. The number of piperidine rings is 1. The second kappa shape index (κ2) is 9.51. The first-order chi connectivity index (χ1) is 15.0. The summed E-state index contributed by atoms with van der Waals surface area (Å²) in [4.78, 5) is 22.1. The number of halogens is 3.